The lowest BCUT2D eigenvalue weighted by Crippen LogP contribution is -2.40. The molecule has 1 saturated heterocycles. The van der Waals surface area contributed by atoms with Gasteiger partial charge in [-0.1, -0.05) is 6.58 Å². The van der Waals surface area contributed by atoms with Gasteiger partial charge in [0.2, 0.25) is 11.9 Å². The highest BCUT2D eigenvalue weighted by molar-refractivity contribution is 5.87. The fourth-order valence-corrected chi connectivity index (χ4v) is 4.33. The van der Waals surface area contributed by atoms with Crippen LogP contribution in [0, 0.1) is 11.6 Å². The molecule has 10 nitrogen and oxygen atoms in total. The maximum absolute atomic E-state index is 14.3. The van der Waals surface area contributed by atoms with Crippen molar-refractivity contribution in [2.24, 2.45) is 7.05 Å². The van der Waals surface area contributed by atoms with E-state index in [1.807, 2.05) is 0 Å². The molecule has 0 aliphatic carbocycles. The molecule has 0 radical (unpaired) electrons. The SMILES string of the molecule is C=CC(=O)N1CCC(n2c(=O)c(Oc3ccc(F)cc3F)cc3cnc(Nc4cnn(C)c4)nc32)CC1. The number of halogens is 2. The Morgan fingerprint density at radius 2 is 1.97 bits per heavy atom. The zero-order valence-corrected chi connectivity index (χ0v) is 19.9. The van der Waals surface area contributed by atoms with Gasteiger partial charge in [0.1, 0.15) is 11.5 Å². The van der Waals surface area contributed by atoms with Crippen LogP contribution in [0.3, 0.4) is 0 Å². The molecule has 1 amide bonds. The van der Waals surface area contributed by atoms with Crippen LogP contribution in [-0.4, -0.2) is 48.2 Å². The van der Waals surface area contributed by atoms with E-state index in [-0.39, 0.29) is 29.4 Å². The normalized spacial score (nSPS) is 14.1. The molecular weight excluding hydrogens is 484 g/mol. The number of amides is 1. The third-order valence-electron chi connectivity index (χ3n) is 6.13. The zero-order chi connectivity index (χ0) is 26.1. The summed E-state index contributed by atoms with van der Waals surface area (Å²) in [5, 5.41) is 7.65. The van der Waals surface area contributed by atoms with Gasteiger partial charge in [0, 0.05) is 50.0 Å². The number of hydrogen-bond acceptors (Lipinski definition) is 7. The number of piperidine rings is 1. The quantitative estimate of drug-likeness (QED) is 0.397. The van der Waals surface area contributed by atoms with Crippen molar-refractivity contribution in [1.82, 2.24) is 29.2 Å². The minimum atomic E-state index is -0.936. The first-order valence-electron chi connectivity index (χ1n) is 11.5. The smallest absolute Gasteiger partial charge is 0.295 e. The van der Waals surface area contributed by atoms with E-state index in [1.54, 1.807) is 29.0 Å². The van der Waals surface area contributed by atoms with Gasteiger partial charge in [-0.05, 0) is 37.1 Å². The van der Waals surface area contributed by atoms with Gasteiger partial charge in [0.05, 0.1) is 11.9 Å². The molecule has 0 atom stereocenters. The molecule has 1 fully saturated rings. The largest absolute Gasteiger partial charge is 0.448 e. The number of pyridine rings is 1. The standard InChI is InChI=1S/C25H23F2N7O3/c1-3-22(35)33-8-6-18(7-9-33)34-23-15(12-28-25(31-23)30-17-13-29-32(2)14-17)10-21(24(34)36)37-20-5-4-16(26)11-19(20)27/h3-5,10-14,18H,1,6-9H2,2H3,(H,28,30,31). The van der Waals surface area contributed by atoms with Crippen LogP contribution in [0.1, 0.15) is 18.9 Å². The summed E-state index contributed by atoms with van der Waals surface area (Å²) in [7, 11) is 1.78. The maximum Gasteiger partial charge on any atom is 0.295 e. The van der Waals surface area contributed by atoms with E-state index in [2.05, 4.69) is 27.0 Å². The molecule has 12 heteroatoms. The van der Waals surface area contributed by atoms with Crippen LogP contribution in [0.4, 0.5) is 20.4 Å². The number of likely N-dealkylation sites (tertiary alicyclic amines) is 1. The van der Waals surface area contributed by atoms with Crippen molar-refractivity contribution >= 4 is 28.6 Å². The Morgan fingerprint density at radius 1 is 1.19 bits per heavy atom. The predicted octanol–water partition coefficient (Wildman–Crippen LogP) is 3.69. The van der Waals surface area contributed by atoms with E-state index in [0.29, 0.717) is 48.7 Å². The number of anilines is 2. The Labute approximate surface area is 209 Å². The average molecular weight is 508 g/mol. The number of nitrogens with zero attached hydrogens (tertiary/aromatic N) is 6. The van der Waals surface area contributed by atoms with Gasteiger partial charge >= 0.3 is 0 Å². The van der Waals surface area contributed by atoms with Gasteiger partial charge in [-0.3, -0.25) is 18.8 Å². The number of nitrogens with one attached hydrogen (secondary N) is 1. The van der Waals surface area contributed by atoms with E-state index < -0.39 is 17.2 Å². The van der Waals surface area contributed by atoms with Crippen LogP contribution in [0.2, 0.25) is 0 Å². The van der Waals surface area contributed by atoms with E-state index in [4.69, 9.17) is 4.74 Å². The predicted molar refractivity (Wildman–Crippen MR) is 132 cm³/mol. The first-order valence-corrected chi connectivity index (χ1v) is 11.5. The number of fused-ring (bicyclic) bond motifs is 1. The molecule has 0 spiro atoms. The van der Waals surface area contributed by atoms with Gasteiger partial charge in [-0.2, -0.15) is 10.1 Å². The van der Waals surface area contributed by atoms with Crippen LogP contribution in [0.5, 0.6) is 11.5 Å². The summed E-state index contributed by atoms with van der Waals surface area (Å²) in [6.07, 6.45) is 7.12. The Kier molecular flexibility index (Phi) is 6.38. The zero-order valence-electron chi connectivity index (χ0n) is 19.9. The molecule has 37 heavy (non-hydrogen) atoms. The maximum atomic E-state index is 14.3. The fourth-order valence-electron chi connectivity index (χ4n) is 4.33. The second kappa shape index (κ2) is 9.80. The van der Waals surface area contributed by atoms with Crippen LogP contribution < -0.4 is 15.6 Å². The molecule has 190 valence electrons. The number of benzene rings is 1. The average Bonchev–Trinajstić information content (AvgIpc) is 3.30. The van der Waals surface area contributed by atoms with Crippen molar-refractivity contribution in [1.29, 1.82) is 0 Å². The highest BCUT2D eigenvalue weighted by Gasteiger charge is 2.27. The minimum absolute atomic E-state index is 0.154. The molecule has 0 saturated carbocycles. The molecule has 5 rings (SSSR count). The highest BCUT2D eigenvalue weighted by Crippen LogP contribution is 2.29. The molecule has 1 aromatic carbocycles. The molecule has 3 aromatic heterocycles. The first kappa shape index (κ1) is 24.1. The molecule has 4 heterocycles. The lowest BCUT2D eigenvalue weighted by atomic mass is 10.0. The first-order chi connectivity index (χ1) is 17.8. The van der Waals surface area contributed by atoms with Crippen molar-refractivity contribution < 1.29 is 18.3 Å². The van der Waals surface area contributed by atoms with Gasteiger partial charge in [0.25, 0.3) is 5.56 Å². The summed E-state index contributed by atoms with van der Waals surface area (Å²) in [6.45, 7) is 4.38. The molecule has 0 bridgehead atoms. The Morgan fingerprint density at radius 3 is 2.65 bits per heavy atom. The van der Waals surface area contributed by atoms with E-state index in [1.165, 1.54) is 22.9 Å². The van der Waals surface area contributed by atoms with E-state index >= 15 is 0 Å². The number of carbonyl (C=O) groups is 1. The Bertz CT molecular complexity index is 1560. The van der Waals surface area contributed by atoms with Crippen LogP contribution in [-0.2, 0) is 11.8 Å². The lowest BCUT2D eigenvalue weighted by molar-refractivity contribution is -0.127. The number of carbonyl (C=O) groups excluding carboxylic acids is 1. The lowest BCUT2D eigenvalue weighted by Gasteiger charge is -2.32. The molecule has 1 aliphatic heterocycles. The highest BCUT2D eigenvalue weighted by atomic mass is 19.1. The van der Waals surface area contributed by atoms with Crippen molar-refractivity contribution in [3.8, 4) is 11.5 Å². The van der Waals surface area contributed by atoms with Gasteiger partial charge in [-0.15, -0.1) is 0 Å². The topological polar surface area (TPSA) is 107 Å². The number of rotatable bonds is 6. The molecular formula is C25H23F2N7O3. The van der Waals surface area contributed by atoms with Crippen molar-refractivity contribution in [3.63, 3.8) is 0 Å². The summed E-state index contributed by atoms with van der Waals surface area (Å²) < 4.78 is 36.4. The third-order valence-corrected chi connectivity index (χ3v) is 6.13. The summed E-state index contributed by atoms with van der Waals surface area (Å²) >= 11 is 0. The Hall–Kier alpha value is -4.61. The summed E-state index contributed by atoms with van der Waals surface area (Å²) in [5.41, 5.74) is 0.487. The van der Waals surface area contributed by atoms with Crippen molar-refractivity contribution in [2.75, 3.05) is 18.4 Å². The monoisotopic (exact) mass is 507 g/mol. The molecule has 1 N–H and O–H groups in total. The minimum Gasteiger partial charge on any atom is -0.448 e. The van der Waals surface area contributed by atoms with Gasteiger partial charge in [-0.25, -0.2) is 13.8 Å². The third kappa shape index (κ3) is 4.90. The number of ether oxygens (including phenoxy) is 1. The summed E-state index contributed by atoms with van der Waals surface area (Å²) in [6, 6.07) is 3.97. The second-order valence-electron chi connectivity index (χ2n) is 8.62. The number of hydrogen-bond donors (Lipinski definition) is 1. The van der Waals surface area contributed by atoms with Crippen LogP contribution in [0.25, 0.3) is 11.0 Å². The fraction of sp³-hybridized carbons (Fsp3) is 0.240. The van der Waals surface area contributed by atoms with E-state index in [0.717, 1.165) is 12.1 Å². The Balaban J connectivity index is 1.57. The molecule has 0 unspecified atom stereocenters. The van der Waals surface area contributed by atoms with Gasteiger partial charge in [0.15, 0.2) is 17.3 Å². The van der Waals surface area contributed by atoms with Crippen LogP contribution in [0.15, 0.2) is 60.3 Å². The molecule has 4 aromatic rings. The van der Waals surface area contributed by atoms with E-state index in [9.17, 15) is 18.4 Å². The summed E-state index contributed by atoms with van der Waals surface area (Å²) in [4.78, 5) is 36.3. The van der Waals surface area contributed by atoms with Crippen molar-refractivity contribution in [3.05, 3.63) is 77.5 Å². The van der Waals surface area contributed by atoms with Crippen LogP contribution >= 0.6 is 0 Å². The molecule has 1 aliphatic rings. The number of aromatic nitrogens is 5. The number of aryl methyl sites for hydroxylation is 1. The van der Waals surface area contributed by atoms with Crippen molar-refractivity contribution in [2.45, 2.75) is 18.9 Å². The second-order valence-corrected chi connectivity index (χ2v) is 8.62. The summed E-state index contributed by atoms with van der Waals surface area (Å²) in [5.74, 6) is -2.06. The van der Waals surface area contributed by atoms with Gasteiger partial charge < -0.3 is 15.0 Å².